The zero-order chi connectivity index (χ0) is 24.8. The number of benzene rings is 2. The van der Waals surface area contributed by atoms with Crippen LogP contribution in [-0.4, -0.2) is 36.2 Å². The summed E-state index contributed by atoms with van der Waals surface area (Å²) in [6, 6.07) is 16.1. The summed E-state index contributed by atoms with van der Waals surface area (Å²) in [5.74, 6) is -1.55. The molecular weight excluding hydrogens is 484 g/mol. The van der Waals surface area contributed by atoms with Gasteiger partial charge in [0.15, 0.2) is 22.1 Å². The largest absolute Gasteiger partial charge is 0.445 e. The molecule has 0 aliphatic carbocycles. The van der Waals surface area contributed by atoms with E-state index in [2.05, 4.69) is 10.6 Å². The number of carbonyl (C=O) groups is 4. The number of hydrogen-bond acceptors (Lipinski definition) is 10. The third-order valence-electron chi connectivity index (χ3n) is 4.06. The van der Waals surface area contributed by atoms with Gasteiger partial charge in [-0.3, -0.25) is 0 Å². The molecule has 0 radical (unpaired) electrons. The molecule has 2 N–H and O–H groups in total. The fraction of sp³-hybridized carbons (Fsp3) is 0.273. The van der Waals surface area contributed by atoms with E-state index in [0.717, 1.165) is 11.1 Å². The van der Waals surface area contributed by atoms with E-state index in [1.165, 1.54) is 13.8 Å². The number of amides is 2. The molecule has 2 aromatic rings. The fourth-order valence-electron chi connectivity index (χ4n) is 2.24. The minimum atomic E-state index is -0.993. The first-order valence-corrected chi connectivity index (χ1v) is 12.0. The van der Waals surface area contributed by atoms with Crippen molar-refractivity contribution in [2.24, 2.45) is 0 Å². The van der Waals surface area contributed by atoms with Crippen molar-refractivity contribution in [1.29, 1.82) is 0 Å². The van der Waals surface area contributed by atoms with E-state index in [9.17, 15) is 19.2 Å². The Morgan fingerprint density at radius 2 is 1.03 bits per heavy atom. The first-order chi connectivity index (χ1) is 16.3. The van der Waals surface area contributed by atoms with Crippen molar-refractivity contribution in [1.82, 2.24) is 10.6 Å². The molecule has 182 valence electrons. The summed E-state index contributed by atoms with van der Waals surface area (Å²) in [6.45, 7) is 2.94. The molecule has 34 heavy (non-hydrogen) atoms. The van der Waals surface area contributed by atoms with Gasteiger partial charge in [-0.1, -0.05) is 60.7 Å². The number of ether oxygens (including phenoxy) is 2. The van der Waals surface area contributed by atoms with Gasteiger partial charge in [-0.2, -0.15) is 0 Å². The van der Waals surface area contributed by atoms with E-state index >= 15 is 0 Å². The smallest absolute Gasteiger partial charge is 0.408 e. The lowest BCUT2D eigenvalue weighted by molar-refractivity contribution is -0.136. The van der Waals surface area contributed by atoms with E-state index < -0.39 is 36.2 Å². The number of nitrogens with one attached hydrogen (secondary N) is 2. The Bertz CT molecular complexity index is 869. The summed E-state index contributed by atoms with van der Waals surface area (Å²) in [6.07, 6.45) is -1.56. The fourth-order valence-corrected chi connectivity index (χ4v) is 3.29. The van der Waals surface area contributed by atoms with Gasteiger partial charge in [0, 0.05) is 0 Å². The Hall–Kier alpha value is -3.38. The molecule has 12 heteroatoms. The van der Waals surface area contributed by atoms with Crippen LogP contribution in [0.5, 0.6) is 0 Å². The van der Waals surface area contributed by atoms with Crippen molar-refractivity contribution in [3.8, 4) is 0 Å². The summed E-state index contributed by atoms with van der Waals surface area (Å²) in [5, 5.41) is 4.67. The molecule has 2 amide bonds. The van der Waals surface area contributed by atoms with Crippen molar-refractivity contribution >= 4 is 46.3 Å². The van der Waals surface area contributed by atoms with E-state index in [1.54, 1.807) is 24.3 Å². The predicted molar refractivity (Wildman–Crippen MR) is 126 cm³/mol. The Kier molecular flexibility index (Phi) is 11.6. The molecule has 10 nitrogen and oxygen atoms in total. The van der Waals surface area contributed by atoms with E-state index in [4.69, 9.17) is 17.8 Å². The van der Waals surface area contributed by atoms with Gasteiger partial charge in [0.25, 0.3) is 0 Å². The second-order valence-corrected chi connectivity index (χ2v) is 8.22. The van der Waals surface area contributed by atoms with E-state index in [-0.39, 0.29) is 13.2 Å². The van der Waals surface area contributed by atoms with Gasteiger partial charge in [-0.15, -0.1) is 0 Å². The SMILES string of the molecule is C[C@@H](NC(=O)OCc1ccccc1)C(=O)OSSOC(=O)[C@@H](C)NC(=O)OCc1ccccc1. The molecule has 0 bridgehead atoms. The van der Waals surface area contributed by atoms with Crippen molar-refractivity contribution in [2.75, 3.05) is 0 Å². The summed E-state index contributed by atoms with van der Waals surface area (Å²) in [4.78, 5) is 47.4. The highest BCUT2D eigenvalue weighted by molar-refractivity contribution is 8.73. The molecule has 0 unspecified atom stereocenters. The van der Waals surface area contributed by atoms with Crippen molar-refractivity contribution in [3.63, 3.8) is 0 Å². The highest BCUT2D eigenvalue weighted by Crippen LogP contribution is 2.24. The monoisotopic (exact) mass is 508 g/mol. The molecule has 2 aromatic carbocycles. The van der Waals surface area contributed by atoms with Crippen LogP contribution in [0.4, 0.5) is 9.59 Å². The van der Waals surface area contributed by atoms with Gasteiger partial charge in [0.05, 0.1) is 0 Å². The maximum absolute atomic E-state index is 11.9. The number of rotatable bonds is 11. The van der Waals surface area contributed by atoms with Gasteiger partial charge in [-0.05, 0) is 25.0 Å². The molecule has 0 aromatic heterocycles. The molecule has 0 heterocycles. The maximum Gasteiger partial charge on any atom is 0.408 e. The van der Waals surface area contributed by atoms with Crippen molar-refractivity contribution in [2.45, 2.75) is 39.1 Å². The first kappa shape index (κ1) is 26.9. The molecule has 0 fully saturated rings. The van der Waals surface area contributed by atoms with Crippen LogP contribution >= 0.6 is 22.1 Å². The minimum absolute atomic E-state index is 0.0566. The topological polar surface area (TPSA) is 129 Å². The number of hydrogen-bond donors (Lipinski definition) is 2. The minimum Gasteiger partial charge on any atom is -0.445 e. The van der Waals surface area contributed by atoms with Gasteiger partial charge in [0.1, 0.15) is 25.3 Å². The molecule has 0 aliphatic rings. The zero-order valence-corrected chi connectivity index (χ0v) is 20.1. The van der Waals surface area contributed by atoms with Crippen LogP contribution in [-0.2, 0) is 40.6 Å². The van der Waals surface area contributed by atoms with Gasteiger partial charge in [-0.25, -0.2) is 19.2 Å². The maximum atomic E-state index is 11.9. The molecule has 0 aliphatic heterocycles. The molecule has 2 rings (SSSR count). The highest BCUT2D eigenvalue weighted by atomic mass is 33.1. The Labute approximate surface area is 204 Å². The Morgan fingerprint density at radius 3 is 1.38 bits per heavy atom. The summed E-state index contributed by atoms with van der Waals surface area (Å²) < 4.78 is 19.7. The average Bonchev–Trinajstić information content (AvgIpc) is 2.85. The number of alkyl carbamates (subject to hydrolysis) is 2. The van der Waals surface area contributed by atoms with Crippen molar-refractivity contribution in [3.05, 3.63) is 71.8 Å². The van der Waals surface area contributed by atoms with Crippen LogP contribution < -0.4 is 10.6 Å². The number of carbonyl (C=O) groups excluding carboxylic acids is 4. The van der Waals surface area contributed by atoms with Crippen LogP contribution in [0.3, 0.4) is 0 Å². The third kappa shape index (κ3) is 10.5. The zero-order valence-electron chi connectivity index (χ0n) is 18.4. The summed E-state index contributed by atoms with van der Waals surface area (Å²) in [5.41, 5.74) is 1.60. The lowest BCUT2D eigenvalue weighted by Crippen LogP contribution is -2.39. The molecule has 0 saturated carbocycles. The summed E-state index contributed by atoms with van der Waals surface area (Å²) in [7, 11) is 0. The Balaban J connectivity index is 1.57. The van der Waals surface area contributed by atoms with Crippen LogP contribution in [0.25, 0.3) is 0 Å². The van der Waals surface area contributed by atoms with Crippen LogP contribution in [0, 0.1) is 0 Å². The quantitative estimate of drug-likeness (QED) is 0.262. The first-order valence-electron chi connectivity index (χ1n) is 10.0. The van der Waals surface area contributed by atoms with Gasteiger partial charge in [0.2, 0.25) is 0 Å². The lowest BCUT2D eigenvalue weighted by atomic mass is 10.2. The normalized spacial score (nSPS) is 11.9. The van der Waals surface area contributed by atoms with Crippen LogP contribution in [0.15, 0.2) is 60.7 Å². The van der Waals surface area contributed by atoms with E-state index in [0.29, 0.717) is 22.1 Å². The van der Waals surface area contributed by atoms with Crippen molar-refractivity contribution < 1.29 is 37.0 Å². The lowest BCUT2D eigenvalue weighted by Gasteiger charge is -2.13. The second-order valence-electron chi connectivity index (χ2n) is 6.80. The standard InChI is InChI=1S/C22H24N2O8S2/c1-15(23-21(27)29-13-17-9-5-3-6-10-17)19(25)31-33-34-32-20(26)16(2)24-22(28)30-14-18-11-7-4-8-12-18/h3-12,15-16H,13-14H2,1-2H3,(H,23,27)(H,24,28)/t15-,16-/m1/s1. The average molecular weight is 509 g/mol. The Morgan fingerprint density at radius 1 is 0.676 bits per heavy atom. The van der Waals surface area contributed by atoms with Gasteiger partial charge >= 0.3 is 24.1 Å². The van der Waals surface area contributed by atoms with Crippen LogP contribution in [0.2, 0.25) is 0 Å². The second kappa shape index (κ2) is 14.7. The summed E-state index contributed by atoms with van der Waals surface area (Å²) >= 11 is 0.974. The molecule has 0 saturated heterocycles. The third-order valence-corrected chi connectivity index (χ3v) is 5.16. The van der Waals surface area contributed by atoms with Crippen LogP contribution in [0.1, 0.15) is 25.0 Å². The molecular formula is C22H24N2O8S2. The van der Waals surface area contributed by atoms with E-state index in [1.807, 2.05) is 36.4 Å². The molecule has 0 spiro atoms. The highest BCUT2D eigenvalue weighted by Gasteiger charge is 2.21. The molecule has 2 atom stereocenters. The predicted octanol–water partition coefficient (Wildman–Crippen LogP) is 3.91. The van der Waals surface area contributed by atoms with Gasteiger partial charge < -0.3 is 28.5 Å².